The van der Waals surface area contributed by atoms with Crippen LogP contribution in [0.25, 0.3) is 10.8 Å². The van der Waals surface area contributed by atoms with Crippen LogP contribution in [0.4, 0.5) is 0 Å². The smallest absolute Gasteiger partial charge is 0.146 e. The molecule has 0 amide bonds. The third-order valence-electron chi connectivity index (χ3n) is 3.06. The summed E-state index contributed by atoms with van der Waals surface area (Å²) in [6, 6.07) is 21.0. The van der Waals surface area contributed by atoms with Crippen LogP contribution in [0.1, 0.15) is 5.56 Å². The van der Waals surface area contributed by atoms with Gasteiger partial charge in [-0.15, -0.1) is 0 Å². The third kappa shape index (κ3) is 2.20. The molecule has 0 spiro atoms. The molecule has 2 nitrogen and oxygen atoms in total. The number of nitriles is 1. The Balaban J connectivity index is 2.11. The van der Waals surface area contributed by atoms with Gasteiger partial charge in [-0.05, 0) is 23.6 Å². The first-order chi connectivity index (χ1) is 9.79. The summed E-state index contributed by atoms with van der Waals surface area (Å²) in [6.45, 7) is 0. The second-order valence-electron chi connectivity index (χ2n) is 4.30. The predicted octanol–water partition coefficient (Wildman–Crippen LogP) is 5.16. The van der Waals surface area contributed by atoms with Gasteiger partial charge in [0.05, 0.1) is 5.02 Å². The quantitative estimate of drug-likeness (QED) is 0.649. The molecule has 0 saturated heterocycles. The van der Waals surface area contributed by atoms with Gasteiger partial charge in [-0.25, -0.2) is 0 Å². The number of hydrogen-bond donors (Lipinski definition) is 0. The van der Waals surface area contributed by atoms with Crippen molar-refractivity contribution in [3.8, 4) is 17.6 Å². The van der Waals surface area contributed by atoms with E-state index >= 15 is 0 Å². The fourth-order valence-corrected chi connectivity index (χ4v) is 2.31. The summed E-state index contributed by atoms with van der Waals surface area (Å²) in [4.78, 5) is 0. The zero-order valence-corrected chi connectivity index (χ0v) is 11.3. The van der Waals surface area contributed by atoms with Crippen LogP contribution >= 0.6 is 11.6 Å². The van der Waals surface area contributed by atoms with E-state index in [1.54, 1.807) is 18.2 Å². The SMILES string of the molecule is N#Cc1c(Cl)cccc1Oc1cccc2ccccc12. The van der Waals surface area contributed by atoms with Crippen molar-refractivity contribution in [1.82, 2.24) is 0 Å². The van der Waals surface area contributed by atoms with Crippen molar-refractivity contribution in [2.75, 3.05) is 0 Å². The van der Waals surface area contributed by atoms with Gasteiger partial charge in [0.2, 0.25) is 0 Å². The van der Waals surface area contributed by atoms with Crippen LogP contribution in [0.2, 0.25) is 5.02 Å². The molecule has 3 aromatic carbocycles. The molecule has 0 bridgehead atoms. The van der Waals surface area contributed by atoms with Crippen molar-refractivity contribution in [1.29, 1.82) is 5.26 Å². The number of benzene rings is 3. The molecule has 0 unspecified atom stereocenters. The Morgan fingerprint density at radius 3 is 2.40 bits per heavy atom. The molecule has 0 aliphatic carbocycles. The van der Waals surface area contributed by atoms with E-state index in [1.165, 1.54) is 0 Å². The average Bonchev–Trinajstić information content (AvgIpc) is 2.48. The molecule has 0 aliphatic heterocycles. The molecule has 0 atom stereocenters. The minimum absolute atomic E-state index is 0.349. The molecular weight excluding hydrogens is 270 g/mol. The summed E-state index contributed by atoms with van der Waals surface area (Å²) >= 11 is 6.01. The first-order valence-electron chi connectivity index (χ1n) is 6.14. The molecule has 0 fully saturated rings. The van der Waals surface area contributed by atoms with Gasteiger partial charge in [-0.3, -0.25) is 0 Å². The van der Waals surface area contributed by atoms with E-state index in [0.717, 1.165) is 10.8 Å². The molecule has 96 valence electrons. The zero-order valence-electron chi connectivity index (χ0n) is 10.5. The molecule has 3 heteroatoms. The van der Waals surface area contributed by atoms with Crippen LogP contribution in [0, 0.1) is 11.3 Å². The van der Waals surface area contributed by atoms with E-state index in [0.29, 0.717) is 22.1 Å². The van der Waals surface area contributed by atoms with Crippen LogP contribution in [-0.4, -0.2) is 0 Å². The topological polar surface area (TPSA) is 33.0 Å². The standard InChI is InChI=1S/C17H10ClNO/c18-15-8-4-10-17(14(15)11-19)20-16-9-3-6-12-5-1-2-7-13(12)16/h1-10H. The van der Waals surface area contributed by atoms with Crippen molar-refractivity contribution >= 4 is 22.4 Å². The monoisotopic (exact) mass is 279 g/mol. The molecule has 0 radical (unpaired) electrons. The second-order valence-corrected chi connectivity index (χ2v) is 4.71. The first kappa shape index (κ1) is 12.5. The molecular formula is C17H10ClNO. The average molecular weight is 280 g/mol. The van der Waals surface area contributed by atoms with E-state index in [1.807, 2.05) is 42.5 Å². The lowest BCUT2D eigenvalue weighted by Crippen LogP contribution is -1.90. The van der Waals surface area contributed by atoms with Crippen LogP contribution < -0.4 is 4.74 Å². The lowest BCUT2D eigenvalue weighted by atomic mass is 10.1. The predicted molar refractivity (Wildman–Crippen MR) is 80.2 cm³/mol. The minimum atomic E-state index is 0.349. The van der Waals surface area contributed by atoms with Crippen molar-refractivity contribution in [2.45, 2.75) is 0 Å². The Kier molecular flexibility index (Phi) is 3.28. The molecule has 0 aliphatic rings. The van der Waals surface area contributed by atoms with Gasteiger partial charge in [0.1, 0.15) is 23.1 Å². The summed E-state index contributed by atoms with van der Waals surface area (Å²) in [5.74, 6) is 1.18. The summed E-state index contributed by atoms with van der Waals surface area (Å²) < 4.78 is 5.89. The van der Waals surface area contributed by atoms with Crippen molar-refractivity contribution in [2.24, 2.45) is 0 Å². The van der Waals surface area contributed by atoms with Gasteiger partial charge in [-0.1, -0.05) is 54.1 Å². The fourth-order valence-electron chi connectivity index (χ4n) is 2.10. The number of rotatable bonds is 2. The van der Waals surface area contributed by atoms with Gasteiger partial charge >= 0.3 is 0 Å². The maximum Gasteiger partial charge on any atom is 0.146 e. The maximum atomic E-state index is 9.18. The number of halogens is 1. The van der Waals surface area contributed by atoms with E-state index in [2.05, 4.69) is 6.07 Å². The first-order valence-corrected chi connectivity index (χ1v) is 6.51. The Hall–Kier alpha value is -2.50. The van der Waals surface area contributed by atoms with Crippen molar-refractivity contribution in [3.05, 3.63) is 71.2 Å². The number of hydrogen-bond acceptors (Lipinski definition) is 2. The minimum Gasteiger partial charge on any atom is -0.455 e. The van der Waals surface area contributed by atoms with E-state index in [4.69, 9.17) is 16.3 Å². The van der Waals surface area contributed by atoms with Crippen molar-refractivity contribution < 1.29 is 4.74 Å². The molecule has 0 heterocycles. The van der Waals surface area contributed by atoms with Gasteiger partial charge in [-0.2, -0.15) is 5.26 Å². The number of fused-ring (bicyclic) bond motifs is 1. The van der Waals surface area contributed by atoms with Gasteiger partial charge in [0.15, 0.2) is 0 Å². The molecule has 3 aromatic rings. The van der Waals surface area contributed by atoms with Gasteiger partial charge in [0, 0.05) is 5.39 Å². The summed E-state index contributed by atoms with van der Waals surface area (Å²) in [6.07, 6.45) is 0. The molecule has 3 rings (SSSR count). The lowest BCUT2D eigenvalue weighted by Gasteiger charge is -2.10. The van der Waals surface area contributed by atoms with Crippen LogP contribution in [0.5, 0.6) is 11.5 Å². The van der Waals surface area contributed by atoms with Gasteiger partial charge < -0.3 is 4.74 Å². The molecule has 0 N–H and O–H groups in total. The van der Waals surface area contributed by atoms with Crippen LogP contribution in [0.15, 0.2) is 60.7 Å². The highest BCUT2D eigenvalue weighted by Crippen LogP contribution is 2.33. The van der Waals surface area contributed by atoms with Gasteiger partial charge in [0.25, 0.3) is 0 Å². The summed E-state index contributed by atoms with van der Waals surface area (Å²) in [7, 11) is 0. The highest BCUT2D eigenvalue weighted by Gasteiger charge is 2.10. The Labute approximate surface area is 121 Å². The van der Waals surface area contributed by atoms with E-state index < -0.39 is 0 Å². The van der Waals surface area contributed by atoms with E-state index in [9.17, 15) is 5.26 Å². The second kappa shape index (κ2) is 5.24. The Bertz CT molecular complexity index is 815. The van der Waals surface area contributed by atoms with Crippen molar-refractivity contribution in [3.63, 3.8) is 0 Å². The highest BCUT2D eigenvalue weighted by molar-refractivity contribution is 6.31. The molecule has 0 saturated carbocycles. The molecule has 20 heavy (non-hydrogen) atoms. The third-order valence-corrected chi connectivity index (χ3v) is 3.37. The number of nitrogens with zero attached hydrogens (tertiary/aromatic N) is 1. The zero-order chi connectivity index (χ0) is 13.9. The van der Waals surface area contributed by atoms with Crippen LogP contribution in [-0.2, 0) is 0 Å². The normalized spacial score (nSPS) is 10.2. The molecule has 0 aromatic heterocycles. The lowest BCUT2D eigenvalue weighted by molar-refractivity contribution is 0.487. The maximum absolute atomic E-state index is 9.18. The largest absolute Gasteiger partial charge is 0.455 e. The highest BCUT2D eigenvalue weighted by atomic mass is 35.5. The Morgan fingerprint density at radius 1 is 0.850 bits per heavy atom. The summed E-state index contributed by atoms with van der Waals surface area (Å²) in [5.41, 5.74) is 0.349. The van der Waals surface area contributed by atoms with Crippen LogP contribution in [0.3, 0.4) is 0 Å². The number of ether oxygens (including phenoxy) is 1. The summed E-state index contributed by atoms with van der Waals surface area (Å²) in [5, 5.41) is 11.7. The van der Waals surface area contributed by atoms with E-state index in [-0.39, 0.29) is 0 Å². The Morgan fingerprint density at radius 2 is 1.55 bits per heavy atom. The fraction of sp³-hybridized carbons (Fsp3) is 0.